The van der Waals surface area contributed by atoms with E-state index in [9.17, 15) is 5.11 Å². The Labute approximate surface area is 191 Å². The molecule has 1 heterocycles. The zero-order valence-corrected chi connectivity index (χ0v) is 20.6. The molecule has 6 atom stereocenters. The van der Waals surface area contributed by atoms with Crippen molar-refractivity contribution in [1.82, 2.24) is 4.98 Å². The molecule has 0 saturated heterocycles. The van der Waals surface area contributed by atoms with Crippen LogP contribution >= 0.6 is 9.89 Å². The Morgan fingerprint density at radius 2 is 2.16 bits per heavy atom. The van der Waals surface area contributed by atoms with Crippen molar-refractivity contribution >= 4 is 15.8 Å². The molecule has 3 heteroatoms. The lowest BCUT2D eigenvalue weighted by molar-refractivity contribution is -0.114. The summed E-state index contributed by atoms with van der Waals surface area (Å²) in [5, 5.41) is 15.6. The van der Waals surface area contributed by atoms with Gasteiger partial charge in [-0.05, 0) is 87.9 Å². The molecule has 0 bridgehead atoms. The quantitative estimate of drug-likeness (QED) is 0.408. The SMILES string of the molecule is C=S(C)#CC1CCCC(=CCC2C(CC)CCC3(C)C2CCC3(O)c2cccnc2)C1. The van der Waals surface area contributed by atoms with Gasteiger partial charge in [0, 0.05) is 29.3 Å². The molecule has 31 heavy (non-hydrogen) atoms. The Balaban J connectivity index is 1.57. The summed E-state index contributed by atoms with van der Waals surface area (Å²) in [5.41, 5.74) is 1.89. The maximum atomic E-state index is 12.0. The van der Waals surface area contributed by atoms with Crippen molar-refractivity contribution in [2.45, 2.75) is 83.7 Å². The fourth-order valence-corrected chi connectivity index (χ4v) is 8.07. The Morgan fingerprint density at radius 3 is 2.87 bits per heavy atom. The summed E-state index contributed by atoms with van der Waals surface area (Å²) in [6.07, 6.45) is 20.3. The predicted octanol–water partition coefficient (Wildman–Crippen LogP) is 6.92. The zero-order chi connectivity index (χ0) is 22.1. The van der Waals surface area contributed by atoms with E-state index in [0.29, 0.717) is 17.8 Å². The number of hydrogen-bond acceptors (Lipinski definition) is 2. The van der Waals surface area contributed by atoms with Gasteiger partial charge in [-0.1, -0.05) is 49.0 Å². The molecule has 0 aliphatic heterocycles. The second kappa shape index (κ2) is 9.30. The number of fused-ring (bicyclic) bond motifs is 1. The molecule has 3 saturated carbocycles. The van der Waals surface area contributed by atoms with Crippen LogP contribution in [0.2, 0.25) is 0 Å². The Bertz CT molecular complexity index is 945. The minimum absolute atomic E-state index is 0.0496. The van der Waals surface area contributed by atoms with Crippen LogP contribution in [0.15, 0.2) is 36.2 Å². The highest BCUT2D eigenvalue weighted by molar-refractivity contribution is 8.03. The Kier molecular flexibility index (Phi) is 6.87. The molecule has 0 aromatic carbocycles. The van der Waals surface area contributed by atoms with E-state index in [0.717, 1.165) is 30.7 Å². The van der Waals surface area contributed by atoms with Crippen LogP contribution in [0.4, 0.5) is 0 Å². The molecule has 1 aromatic rings. The number of pyridine rings is 1. The summed E-state index contributed by atoms with van der Waals surface area (Å²) in [6, 6.07) is 4.06. The van der Waals surface area contributed by atoms with Gasteiger partial charge >= 0.3 is 0 Å². The summed E-state index contributed by atoms with van der Waals surface area (Å²) >= 11 is 0. The number of allylic oxidation sites excluding steroid dienone is 2. The van der Waals surface area contributed by atoms with E-state index in [4.69, 9.17) is 0 Å². The molecule has 3 aliphatic rings. The van der Waals surface area contributed by atoms with Crippen LogP contribution in [0, 0.1) is 34.3 Å². The van der Waals surface area contributed by atoms with E-state index in [2.05, 4.69) is 48.3 Å². The highest BCUT2D eigenvalue weighted by atomic mass is 32.2. The lowest BCUT2D eigenvalue weighted by Gasteiger charge is -2.51. The molecule has 3 aliphatic carbocycles. The predicted molar refractivity (Wildman–Crippen MR) is 135 cm³/mol. The summed E-state index contributed by atoms with van der Waals surface area (Å²) in [7, 11) is 0.0602. The van der Waals surface area contributed by atoms with Crippen molar-refractivity contribution < 1.29 is 5.11 Å². The number of nitrogens with zero attached hydrogens (tertiary/aromatic N) is 1. The fraction of sp³-hybridized carbons (Fsp3) is 0.679. The lowest BCUT2D eigenvalue weighted by atomic mass is 9.55. The molecule has 0 amide bonds. The van der Waals surface area contributed by atoms with E-state index < -0.39 is 5.60 Å². The fourth-order valence-electron chi connectivity index (χ4n) is 7.30. The monoisotopic (exact) mass is 439 g/mol. The van der Waals surface area contributed by atoms with E-state index >= 15 is 0 Å². The van der Waals surface area contributed by atoms with Crippen molar-refractivity contribution in [3.63, 3.8) is 0 Å². The Morgan fingerprint density at radius 1 is 1.32 bits per heavy atom. The largest absolute Gasteiger partial charge is 0.385 e. The van der Waals surface area contributed by atoms with Gasteiger partial charge in [-0.25, -0.2) is 0 Å². The van der Waals surface area contributed by atoms with Gasteiger partial charge in [0.05, 0.1) is 5.60 Å². The molecule has 3 fully saturated rings. The minimum atomic E-state index is -0.735. The highest BCUT2D eigenvalue weighted by Gasteiger charge is 2.61. The average molecular weight is 440 g/mol. The first-order chi connectivity index (χ1) is 14.9. The number of rotatable bonds is 4. The second-order valence-electron chi connectivity index (χ2n) is 10.7. The number of aromatic nitrogens is 1. The van der Waals surface area contributed by atoms with Crippen LogP contribution in [0.3, 0.4) is 0 Å². The van der Waals surface area contributed by atoms with Crippen LogP contribution in [-0.4, -0.2) is 22.2 Å². The van der Waals surface area contributed by atoms with Crippen molar-refractivity contribution in [2.75, 3.05) is 6.26 Å². The van der Waals surface area contributed by atoms with Gasteiger partial charge in [-0.3, -0.25) is 4.98 Å². The first kappa shape index (κ1) is 22.9. The molecule has 6 unspecified atom stereocenters. The summed E-state index contributed by atoms with van der Waals surface area (Å²) in [4.78, 5) is 4.34. The first-order valence-electron chi connectivity index (χ1n) is 12.4. The maximum Gasteiger partial charge on any atom is 0.0967 e. The summed E-state index contributed by atoms with van der Waals surface area (Å²) < 4.78 is 0. The van der Waals surface area contributed by atoms with Gasteiger partial charge in [0.1, 0.15) is 0 Å². The van der Waals surface area contributed by atoms with E-state index in [1.807, 2.05) is 18.5 Å². The van der Waals surface area contributed by atoms with Crippen molar-refractivity contribution in [3.8, 4) is 5.18 Å². The molecule has 1 aromatic heterocycles. The summed E-state index contributed by atoms with van der Waals surface area (Å²) in [6.45, 7) is 4.74. The molecule has 0 radical (unpaired) electrons. The van der Waals surface area contributed by atoms with Crippen LogP contribution in [0.5, 0.6) is 0 Å². The maximum absolute atomic E-state index is 12.0. The molecular weight excluding hydrogens is 398 g/mol. The molecule has 170 valence electrons. The van der Waals surface area contributed by atoms with Gasteiger partial charge in [0.15, 0.2) is 0 Å². The van der Waals surface area contributed by atoms with Crippen LogP contribution in [-0.2, 0) is 5.60 Å². The van der Waals surface area contributed by atoms with Crippen LogP contribution in [0.25, 0.3) is 0 Å². The van der Waals surface area contributed by atoms with Crippen LogP contribution in [0.1, 0.15) is 83.6 Å². The van der Waals surface area contributed by atoms with Crippen molar-refractivity contribution in [3.05, 3.63) is 41.7 Å². The number of aliphatic hydroxyl groups is 1. The first-order valence-corrected chi connectivity index (χ1v) is 14.2. The van der Waals surface area contributed by atoms with Gasteiger partial charge in [-0.2, -0.15) is 9.89 Å². The van der Waals surface area contributed by atoms with Crippen LogP contribution < -0.4 is 0 Å². The van der Waals surface area contributed by atoms with E-state index in [1.165, 1.54) is 44.9 Å². The van der Waals surface area contributed by atoms with Gasteiger partial charge < -0.3 is 5.11 Å². The molecule has 2 nitrogen and oxygen atoms in total. The summed E-state index contributed by atoms with van der Waals surface area (Å²) in [5.74, 6) is 6.81. The second-order valence-corrected chi connectivity index (χ2v) is 12.2. The Hall–Kier alpha value is -1.28. The third kappa shape index (κ3) is 4.34. The van der Waals surface area contributed by atoms with E-state index in [1.54, 1.807) is 5.57 Å². The third-order valence-electron chi connectivity index (χ3n) is 9.01. The zero-order valence-electron chi connectivity index (χ0n) is 19.8. The van der Waals surface area contributed by atoms with Gasteiger partial charge in [0.25, 0.3) is 0 Å². The average Bonchev–Trinajstić information content (AvgIpc) is 3.04. The standard InChI is InChI=1S/C28H41NOS/c1-5-23-13-15-27(2)26(14-16-28(27,30)24-10-7-17-29-19-24)25(23)12-11-21-8-6-9-22(18-21)20-31(3)4/h7,10-11,17,19,22-23,25-26,30H,3,5-6,8-9,12-16,18H2,1-2,4H3. The minimum Gasteiger partial charge on any atom is -0.385 e. The topological polar surface area (TPSA) is 33.1 Å². The van der Waals surface area contributed by atoms with Crippen molar-refractivity contribution in [2.24, 2.45) is 29.1 Å². The number of hydrogen-bond donors (Lipinski definition) is 1. The molecule has 0 spiro atoms. The normalized spacial score (nSPS) is 39.2. The third-order valence-corrected chi connectivity index (χ3v) is 9.74. The van der Waals surface area contributed by atoms with Crippen molar-refractivity contribution in [1.29, 1.82) is 0 Å². The van der Waals surface area contributed by atoms with E-state index in [-0.39, 0.29) is 15.3 Å². The molecule has 4 rings (SSSR count). The lowest BCUT2D eigenvalue weighted by Crippen LogP contribution is -2.48. The highest BCUT2D eigenvalue weighted by Crippen LogP contribution is 2.65. The molecular formula is C28H41NOS. The van der Waals surface area contributed by atoms with Gasteiger partial charge in [-0.15, -0.1) is 0 Å². The smallest absolute Gasteiger partial charge is 0.0967 e. The van der Waals surface area contributed by atoms with Gasteiger partial charge in [0.2, 0.25) is 0 Å². The molecule has 1 N–H and O–H groups in total.